The number of aliphatic hydroxyl groups excluding tert-OH is 1. The van der Waals surface area contributed by atoms with Crippen molar-refractivity contribution in [1.82, 2.24) is 0 Å². The van der Waals surface area contributed by atoms with Gasteiger partial charge in [-0.3, -0.25) is 0 Å². The SMILES string of the molecule is C=C/C=C/[C@H](O)C/C(=C\CC)C(=O)O. The monoisotopic (exact) mass is 196 g/mol. The van der Waals surface area contributed by atoms with Crippen molar-refractivity contribution in [3.05, 3.63) is 36.5 Å². The van der Waals surface area contributed by atoms with Crippen LogP contribution in [0.25, 0.3) is 0 Å². The zero-order valence-electron chi connectivity index (χ0n) is 8.31. The summed E-state index contributed by atoms with van der Waals surface area (Å²) in [5, 5.41) is 18.1. The lowest BCUT2D eigenvalue weighted by atomic mass is 10.1. The zero-order chi connectivity index (χ0) is 11.0. The summed E-state index contributed by atoms with van der Waals surface area (Å²) in [6, 6.07) is 0. The molecule has 0 aromatic rings. The second-order valence-corrected chi connectivity index (χ2v) is 2.83. The van der Waals surface area contributed by atoms with E-state index < -0.39 is 12.1 Å². The molecule has 0 bridgehead atoms. The molecular weight excluding hydrogens is 180 g/mol. The molecule has 0 saturated heterocycles. The van der Waals surface area contributed by atoms with Crippen LogP contribution in [0.2, 0.25) is 0 Å². The summed E-state index contributed by atoms with van der Waals surface area (Å²) in [6.45, 7) is 5.31. The van der Waals surface area contributed by atoms with Crippen molar-refractivity contribution in [3.8, 4) is 0 Å². The number of hydrogen-bond acceptors (Lipinski definition) is 2. The van der Waals surface area contributed by atoms with Gasteiger partial charge in [-0.2, -0.15) is 0 Å². The van der Waals surface area contributed by atoms with Crippen molar-refractivity contribution in [2.45, 2.75) is 25.9 Å². The van der Waals surface area contributed by atoms with E-state index in [-0.39, 0.29) is 12.0 Å². The topological polar surface area (TPSA) is 57.5 Å². The van der Waals surface area contributed by atoms with E-state index in [1.54, 1.807) is 12.2 Å². The van der Waals surface area contributed by atoms with Gasteiger partial charge in [-0.25, -0.2) is 4.79 Å². The van der Waals surface area contributed by atoms with Crippen molar-refractivity contribution < 1.29 is 15.0 Å². The van der Waals surface area contributed by atoms with Crippen molar-refractivity contribution >= 4 is 5.97 Å². The van der Waals surface area contributed by atoms with Crippen LogP contribution in [-0.4, -0.2) is 22.3 Å². The van der Waals surface area contributed by atoms with Gasteiger partial charge >= 0.3 is 5.97 Å². The van der Waals surface area contributed by atoms with Crippen LogP contribution in [0.4, 0.5) is 0 Å². The van der Waals surface area contributed by atoms with Crippen LogP contribution in [-0.2, 0) is 4.79 Å². The molecule has 78 valence electrons. The van der Waals surface area contributed by atoms with Crippen molar-refractivity contribution in [2.24, 2.45) is 0 Å². The molecular formula is C11H16O3. The third kappa shape index (κ3) is 5.32. The maximum absolute atomic E-state index is 10.7. The minimum absolute atomic E-state index is 0.132. The normalized spacial score (nSPS) is 14.3. The third-order valence-electron chi connectivity index (χ3n) is 1.62. The first kappa shape index (κ1) is 12.7. The van der Waals surface area contributed by atoms with E-state index in [2.05, 4.69) is 6.58 Å². The van der Waals surface area contributed by atoms with Gasteiger partial charge in [-0.05, 0) is 6.42 Å². The maximum Gasteiger partial charge on any atom is 0.331 e. The van der Waals surface area contributed by atoms with Crippen molar-refractivity contribution in [2.75, 3.05) is 0 Å². The van der Waals surface area contributed by atoms with Crippen molar-refractivity contribution in [1.29, 1.82) is 0 Å². The number of carboxylic acids is 1. The van der Waals surface area contributed by atoms with Gasteiger partial charge < -0.3 is 10.2 Å². The highest BCUT2D eigenvalue weighted by Gasteiger charge is 2.10. The largest absolute Gasteiger partial charge is 0.478 e. The number of aliphatic hydroxyl groups is 1. The second kappa shape index (κ2) is 7.09. The fraction of sp³-hybridized carbons (Fsp3) is 0.364. The molecule has 3 heteroatoms. The highest BCUT2D eigenvalue weighted by atomic mass is 16.4. The van der Waals surface area contributed by atoms with Crippen molar-refractivity contribution in [3.63, 3.8) is 0 Å². The molecule has 0 unspecified atom stereocenters. The summed E-state index contributed by atoms with van der Waals surface area (Å²) in [5.74, 6) is -0.974. The van der Waals surface area contributed by atoms with E-state index in [9.17, 15) is 9.90 Å². The van der Waals surface area contributed by atoms with Crippen LogP contribution in [0.1, 0.15) is 19.8 Å². The molecule has 0 aromatic heterocycles. The van der Waals surface area contributed by atoms with Crippen LogP contribution in [0.15, 0.2) is 36.5 Å². The molecule has 0 radical (unpaired) electrons. The van der Waals surface area contributed by atoms with Gasteiger partial charge in [0, 0.05) is 12.0 Å². The molecule has 0 amide bonds. The molecule has 0 aliphatic rings. The summed E-state index contributed by atoms with van der Waals surface area (Å²) in [6.07, 6.45) is 6.27. The Morgan fingerprint density at radius 3 is 2.64 bits per heavy atom. The minimum atomic E-state index is -0.974. The van der Waals surface area contributed by atoms with Crippen LogP contribution in [0.3, 0.4) is 0 Å². The van der Waals surface area contributed by atoms with Crippen LogP contribution < -0.4 is 0 Å². The molecule has 0 saturated carbocycles. The van der Waals surface area contributed by atoms with Crippen LogP contribution in [0.5, 0.6) is 0 Å². The number of allylic oxidation sites excluding steroid dienone is 3. The molecule has 3 nitrogen and oxygen atoms in total. The standard InChI is InChI=1S/C11H16O3/c1-3-5-7-10(12)8-9(6-4-2)11(13)14/h3,5-7,10,12H,1,4,8H2,2H3,(H,13,14)/b7-5+,9-6+/t10-/m0/s1. The van der Waals surface area contributed by atoms with Crippen LogP contribution in [0, 0.1) is 0 Å². The van der Waals surface area contributed by atoms with Gasteiger partial charge in [-0.15, -0.1) is 0 Å². The molecule has 14 heavy (non-hydrogen) atoms. The van der Waals surface area contributed by atoms with Gasteiger partial charge in [0.15, 0.2) is 0 Å². The minimum Gasteiger partial charge on any atom is -0.478 e. The third-order valence-corrected chi connectivity index (χ3v) is 1.62. The molecule has 0 spiro atoms. The molecule has 0 rings (SSSR count). The first-order chi connectivity index (χ1) is 6.61. The number of hydrogen-bond donors (Lipinski definition) is 2. The Labute approximate surface area is 84.1 Å². The average molecular weight is 196 g/mol. The van der Waals surface area contributed by atoms with E-state index in [0.717, 1.165) is 0 Å². The first-order valence-corrected chi connectivity index (χ1v) is 4.51. The Morgan fingerprint density at radius 2 is 2.21 bits per heavy atom. The number of carbonyl (C=O) groups is 1. The lowest BCUT2D eigenvalue weighted by Crippen LogP contribution is -2.10. The lowest BCUT2D eigenvalue weighted by molar-refractivity contribution is -0.133. The quantitative estimate of drug-likeness (QED) is 0.504. The molecule has 2 N–H and O–H groups in total. The molecule has 0 aromatic carbocycles. The van der Waals surface area contributed by atoms with Gasteiger partial charge in [-0.1, -0.05) is 37.8 Å². The maximum atomic E-state index is 10.7. The summed E-state index contributed by atoms with van der Waals surface area (Å²) in [4.78, 5) is 10.7. The van der Waals surface area contributed by atoms with Gasteiger partial charge in [0.25, 0.3) is 0 Å². The Hall–Kier alpha value is -1.35. The fourth-order valence-corrected chi connectivity index (χ4v) is 1.00. The molecule has 0 fully saturated rings. The zero-order valence-corrected chi connectivity index (χ0v) is 8.31. The smallest absolute Gasteiger partial charge is 0.331 e. The first-order valence-electron chi connectivity index (χ1n) is 4.51. The number of rotatable bonds is 6. The van der Waals surface area contributed by atoms with E-state index in [0.29, 0.717) is 6.42 Å². The Kier molecular flexibility index (Phi) is 6.41. The molecule has 1 atom stereocenters. The summed E-state index contributed by atoms with van der Waals surface area (Å²) < 4.78 is 0. The van der Waals surface area contributed by atoms with Gasteiger partial charge in [0.2, 0.25) is 0 Å². The summed E-state index contributed by atoms with van der Waals surface area (Å²) in [5.41, 5.74) is 0.244. The molecule has 0 heterocycles. The van der Waals surface area contributed by atoms with Crippen LogP contribution >= 0.6 is 0 Å². The molecule has 0 aliphatic heterocycles. The fourth-order valence-electron chi connectivity index (χ4n) is 1.00. The van der Waals surface area contributed by atoms with E-state index in [4.69, 9.17) is 5.11 Å². The highest BCUT2D eigenvalue weighted by molar-refractivity contribution is 5.86. The summed E-state index contributed by atoms with van der Waals surface area (Å²) in [7, 11) is 0. The molecule has 0 aliphatic carbocycles. The predicted octanol–water partition coefficient (Wildman–Crippen LogP) is 1.90. The summed E-state index contributed by atoms with van der Waals surface area (Å²) >= 11 is 0. The Morgan fingerprint density at radius 1 is 1.57 bits per heavy atom. The van der Waals surface area contributed by atoms with Gasteiger partial charge in [0.05, 0.1) is 6.10 Å². The average Bonchev–Trinajstić information content (AvgIpc) is 2.14. The number of aliphatic carboxylic acids is 1. The highest BCUT2D eigenvalue weighted by Crippen LogP contribution is 2.08. The Bertz CT molecular complexity index is 251. The second-order valence-electron chi connectivity index (χ2n) is 2.83. The lowest BCUT2D eigenvalue weighted by Gasteiger charge is -2.05. The predicted molar refractivity (Wildman–Crippen MR) is 56.0 cm³/mol. The Balaban J connectivity index is 4.30. The van der Waals surface area contributed by atoms with E-state index in [1.807, 2.05) is 6.92 Å². The number of carboxylic acid groups (broad SMARTS) is 1. The van der Waals surface area contributed by atoms with E-state index in [1.165, 1.54) is 12.2 Å². The van der Waals surface area contributed by atoms with E-state index >= 15 is 0 Å². The van der Waals surface area contributed by atoms with Gasteiger partial charge in [0.1, 0.15) is 0 Å².